The number of nitrogens with one attached hydrogen (secondary N) is 1. The molecule has 1 heterocycles. The van der Waals surface area contributed by atoms with Gasteiger partial charge in [0.2, 0.25) is 0 Å². The minimum absolute atomic E-state index is 0.537. The zero-order valence-electron chi connectivity index (χ0n) is 9.09. The largest absolute Gasteiger partial charge is 0.384 e. The van der Waals surface area contributed by atoms with E-state index in [1.165, 1.54) is 25.7 Å². The first-order valence-electron chi connectivity index (χ1n) is 5.60. The van der Waals surface area contributed by atoms with E-state index in [0.29, 0.717) is 10.6 Å². The van der Waals surface area contributed by atoms with Crippen LogP contribution < -0.4 is 5.32 Å². The molecular formula is C12H17ClN2. The van der Waals surface area contributed by atoms with Crippen LogP contribution in [0.1, 0.15) is 32.6 Å². The van der Waals surface area contributed by atoms with Crippen molar-refractivity contribution in [2.45, 2.75) is 32.6 Å². The second kappa shape index (κ2) is 4.40. The molecule has 1 N–H and O–H groups in total. The quantitative estimate of drug-likeness (QED) is 0.789. The van der Waals surface area contributed by atoms with E-state index < -0.39 is 0 Å². The number of hydrogen-bond donors (Lipinski definition) is 1. The maximum Gasteiger partial charge on any atom is 0.131 e. The van der Waals surface area contributed by atoms with Crippen LogP contribution in [-0.2, 0) is 0 Å². The number of nitrogens with zero attached hydrogens (tertiary/aromatic N) is 1. The van der Waals surface area contributed by atoms with Gasteiger partial charge < -0.3 is 5.32 Å². The molecular weight excluding hydrogens is 208 g/mol. The lowest BCUT2D eigenvalue weighted by Crippen LogP contribution is -2.35. The van der Waals surface area contributed by atoms with E-state index in [1.54, 1.807) is 6.20 Å². The molecule has 0 amide bonds. The van der Waals surface area contributed by atoms with Crippen molar-refractivity contribution in [3.05, 3.63) is 23.5 Å². The predicted molar refractivity (Wildman–Crippen MR) is 64.3 cm³/mol. The lowest BCUT2D eigenvalue weighted by Gasteiger charge is -2.41. The fourth-order valence-electron chi connectivity index (χ4n) is 2.13. The molecule has 1 fully saturated rings. The molecule has 1 aromatic rings. The zero-order chi connectivity index (χ0) is 10.7. The number of aromatic nitrogens is 1. The third-order valence-electron chi connectivity index (χ3n) is 3.56. The van der Waals surface area contributed by atoms with Gasteiger partial charge in [0, 0.05) is 18.4 Å². The summed E-state index contributed by atoms with van der Waals surface area (Å²) in [6.07, 6.45) is 7.10. The molecule has 1 aliphatic carbocycles. The monoisotopic (exact) mass is 224 g/mol. The number of pyridine rings is 1. The minimum Gasteiger partial charge on any atom is -0.384 e. The van der Waals surface area contributed by atoms with E-state index >= 15 is 0 Å². The van der Waals surface area contributed by atoms with E-state index in [2.05, 4.69) is 17.2 Å². The molecule has 0 saturated heterocycles. The van der Waals surface area contributed by atoms with Crippen LogP contribution in [0.25, 0.3) is 0 Å². The molecule has 0 unspecified atom stereocenters. The van der Waals surface area contributed by atoms with Gasteiger partial charge in [-0.2, -0.15) is 0 Å². The number of anilines is 1. The average Bonchev–Trinajstić information content (AvgIpc) is 2.17. The summed E-state index contributed by atoms with van der Waals surface area (Å²) in [6, 6.07) is 3.84. The van der Waals surface area contributed by atoms with Crippen molar-refractivity contribution < 1.29 is 0 Å². The van der Waals surface area contributed by atoms with Crippen LogP contribution in [-0.4, -0.2) is 11.5 Å². The molecule has 1 aromatic heterocycles. The molecule has 0 spiro atoms. The molecule has 1 saturated carbocycles. The van der Waals surface area contributed by atoms with Crippen LogP contribution in [0.5, 0.6) is 0 Å². The normalized spacial score (nSPS) is 18.3. The molecule has 1 aliphatic rings. The van der Waals surface area contributed by atoms with E-state index in [4.69, 9.17) is 11.6 Å². The molecule has 0 aliphatic heterocycles. The maximum absolute atomic E-state index is 5.83. The lowest BCUT2D eigenvalue weighted by atomic mass is 9.67. The van der Waals surface area contributed by atoms with E-state index in [1.807, 2.05) is 12.1 Å². The molecule has 2 rings (SSSR count). The zero-order valence-corrected chi connectivity index (χ0v) is 9.85. The van der Waals surface area contributed by atoms with Gasteiger partial charge in [0.15, 0.2) is 0 Å². The summed E-state index contributed by atoms with van der Waals surface area (Å²) >= 11 is 5.83. The molecule has 82 valence electrons. The van der Waals surface area contributed by atoms with E-state index in [-0.39, 0.29) is 0 Å². The van der Waals surface area contributed by atoms with Gasteiger partial charge in [-0.1, -0.05) is 24.9 Å². The number of rotatable bonds is 4. The fraction of sp³-hybridized carbons (Fsp3) is 0.583. The van der Waals surface area contributed by atoms with Crippen LogP contribution >= 0.6 is 11.6 Å². The first-order chi connectivity index (χ1) is 7.24. The Labute approximate surface area is 96.1 Å². The smallest absolute Gasteiger partial charge is 0.131 e. The molecule has 0 bridgehead atoms. The van der Waals surface area contributed by atoms with Crippen LogP contribution in [0.15, 0.2) is 18.3 Å². The lowest BCUT2D eigenvalue weighted by molar-refractivity contribution is 0.145. The number of halogens is 1. The minimum atomic E-state index is 0.537. The Hall–Kier alpha value is -0.760. The summed E-state index contributed by atoms with van der Waals surface area (Å²) in [5.41, 5.74) is 1.62. The van der Waals surface area contributed by atoms with Crippen molar-refractivity contribution in [2.75, 3.05) is 11.9 Å². The predicted octanol–water partition coefficient (Wildman–Crippen LogP) is 3.73. The second-order valence-corrected chi connectivity index (χ2v) is 4.82. The Morgan fingerprint density at radius 1 is 1.53 bits per heavy atom. The Balaban J connectivity index is 1.92. The van der Waals surface area contributed by atoms with Gasteiger partial charge in [0.05, 0.1) is 0 Å². The van der Waals surface area contributed by atoms with Crippen LogP contribution in [0.2, 0.25) is 5.15 Å². The van der Waals surface area contributed by atoms with Crippen molar-refractivity contribution in [1.29, 1.82) is 0 Å². The summed E-state index contributed by atoms with van der Waals surface area (Å²) in [5, 5.41) is 4.01. The molecule has 2 nitrogen and oxygen atoms in total. The summed E-state index contributed by atoms with van der Waals surface area (Å²) in [6.45, 7) is 3.34. The SMILES string of the molecule is CCC1(CNc2ccnc(Cl)c2)CCC1. The second-order valence-electron chi connectivity index (χ2n) is 4.43. The van der Waals surface area contributed by atoms with Gasteiger partial charge in [-0.25, -0.2) is 4.98 Å². The van der Waals surface area contributed by atoms with Crippen molar-refractivity contribution in [3.63, 3.8) is 0 Å². The summed E-state index contributed by atoms with van der Waals surface area (Å²) in [5.74, 6) is 0. The van der Waals surface area contributed by atoms with Crippen molar-refractivity contribution in [2.24, 2.45) is 5.41 Å². The van der Waals surface area contributed by atoms with E-state index in [0.717, 1.165) is 12.2 Å². The van der Waals surface area contributed by atoms with Crippen LogP contribution in [0.4, 0.5) is 5.69 Å². The topological polar surface area (TPSA) is 24.9 Å². The molecule has 15 heavy (non-hydrogen) atoms. The van der Waals surface area contributed by atoms with Crippen molar-refractivity contribution in [3.8, 4) is 0 Å². The van der Waals surface area contributed by atoms with Gasteiger partial charge in [-0.3, -0.25) is 0 Å². The molecule has 3 heteroatoms. The Bertz CT molecular complexity index is 329. The standard InChI is InChI=1S/C12H17ClN2/c1-2-12(5-3-6-12)9-15-10-4-7-14-11(13)8-10/h4,7-8H,2-3,5-6,9H2,1H3,(H,14,15). The van der Waals surface area contributed by atoms with Gasteiger partial charge in [-0.05, 0) is 36.8 Å². The van der Waals surface area contributed by atoms with Gasteiger partial charge in [0.1, 0.15) is 5.15 Å². The summed E-state index contributed by atoms with van der Waals surface area (Å²) in [4.78, 5) is 3.96. The van der Waals surface area contributed by atoms with Crippen LogP contribution in [0.3, 0.4) is 0 Å². The van der Waals surface area contributed by atoms with Gasteiger partial charge in [0.25, 0.3) is 0 Å². The first-order valence-corrected chi connectivity index (χ1v) is 5.97. The third kappa shape index (κ3) is 2.43. The Morgan fingerprint density at radius 2 is 2.33 bits per heavy atom. The van der Waals surface area contributed by atoms with Crippen molar-refractivity contribution in [1.82, 2.24) is 4.98 Å². The highest BCUT2D eigenvalue weighted by molar-refractivity contribution is 6.29. The Kier molecular flexibility index (Phi) is 3.15. The highest BCUT2D eigenvalue weighted by Crippen LogP contribution is 2.43. The van der Waals surface area contributed by atoms with E-state index in [9.17, 15) is 0 Å². The average molecular weight is 225 g/mol. The van der Waals surface area contributed by atoms with Crippen LogP contribution in [0, 0.1) is 5.41 Å². The van der Waals surface area contributed by atoms with Gasteiger partial charge in [-0.15, -0.1) is 0 Å². The Morgan fingerprint density at radius 3 is 2.87 bits per heavy atom. The fourth-order valence-corrected chi connectivity index (χ4v) is 2.31. The number of hydrogen-bond acceptors (Lipinski definition) is 2. The first kappa shape index (κ1) is 10.7. The maximum atomic E-state index is 5.83. The van der Waals surface area contributed by atoms with Gasteiger partial charge >= 0.3 is 0 Å². The summed E-state index contributed by atoms with van der Waals surface area (Å²) < 4.78 is 0. The molecule has 0 aromatic carbocycles. The molecule has 0 radical (unpaired) electrons. The van der Waals surface area contributed by atoms with Crippen molar-refractivity contribution >= 4 is 17.3 Å². The summed E-state index contributed by atoms with van der Waals surface area (Å²) in [7, 11) is 0. The molecule has 0 atom stereocenters. The third-order valence-corrected chi connectivity index (χ3v) is 3.76. The highest BCUT2D eigenvalue weighted by atomic mass is 35.5. The highest BCUT2D eigenvalue weighted by Gasteiger charge is 2.34.